The average molecular weight is 281 g/mol. The predicted octanol–water partition coefficient (Wildman–Crippen LogP) is 2.07. The Morgan fingerprint density at radius 3 is 2.90 bits per heavy atom. The van der Waals surface area contributed by atoms with Gasteiger partial charge >= 0.3 is 5.97 Å². The molecule has 3 aliphatic rings. The summed E-state index contributed by atoms with van der Waals surface area (Å²) < 4.78 is 5.35. The topological polar surface area (TPSA) is 29.5 Å². The van der Waals surface area contributed by atoms with Gasteiger partial charge in [0.1, 0.15) is 5.41 Å². The quantitative estimate of drug-likeness (QED) is 0.538. The van der Waals surface area contributed by atoms with Crippen LogP contribution in [0.2, 0.25) is 0 Å². The van der Waals surface area contributed by atoms with Crippen molar-refractivity contribution in [3.05, 3.63) is 35.9 Å². The number of hydrogen-bond donors (Lipinski definition) is 0. The number of cyclic esters (lactones) is 1. The van der Waals surface area contributed by atoms with Crippen LogP contribution < -0.4 is 0 Å². The number of rotatable bonds is 0. The second-order valence-electron chi connectivity index (χ2n) is 6.27. The molecule has 0 bridgehead atoms. The van der Waals surface area contributed by atoms with Crippen LogP contribution in [0.3, 0.4) is 0 Å². The van der Waals surface area contributed by atoms with Crippen molar-refractivity contribution in [2.75, 3.05) is 19.7 Å². The molecule has 0 unspecified atom stereocenters. The van der Waals surface area contributed by atoms with E-state index in [1.165, 1.54) is 6.42 Å². The van der Waals surface area contributed by atoms with Crippen molar-refractivity contribution in [3.63, 3.8) is 0 Å². The minimum Gasteiger partial charge on any atom is -0.465 e. The first-order chi connectivity index (χ1) is 10.3. The fourth-order valence-electron chi connectivity index (χ4n) is 4.29. The third-order valence-electron chi connectivity index (χ3n) is 5.29. The largest absolute Gasteiger partial charge is 0.465 e. The number of carbonyl (C=O) groups excluding carboxylic acids is 1. The van der Waals surface area contributed by atoms with Gasteiger partial charge in [-0.1, -0.05) is 30.0 Å². The lowest BCUT2D eigenvalue weighted by Crippen LogP contribution is -2.41. The fraction of sp³-hybridized carbons (Fsp3) is 0.500. The number of carbonyl (C=O) groups is 1. The third-order valence-corrected chi connectivity index (χ3v) is 5.29. The molecule has 21 heavy (non-hydrogen) atoms. The van der Waals surface area contributed by atoms with Crippen molar-refractivity contribution >= 4 is 5.97 Å². The van der Waals surface area contributed by atoms with E-state index in [4.69, 9.17) is 4.74 Å². The molecule has 3 aliphatic heterocycles. The van der Waals surface area contributed by atoms with Crippen LogP contribution in [0.25, 0.3) is 0 Å². The zero-order valence-electron chi connectivity index (χ0n) is 12.0. The lowest BCUT2D eigenvalue weighted by atomic mass is 9.71. The van der Waals surface area contributed by atoms with Crippen molar-refractivity contribution in [1.29, 1.82) is 0 Å². The summed E-state index contributed by atoms with van der Waals surface area (Å²) in [6.07, 6.45) is 3.14. The van der Waals surface area contributed by atoms with Gasteiger partial charge in [0.25, 0.3) is 0 Å². The molecule has 0 radical (unpaired) electrons. The summed E-state index contributed by atoms with van der Waals surface area (Å²) in [5.41, 5.74) is 0.657. The van der Waals surface area contributed by atoms with Gasteiger partial charge in [-0.15, -0.1) is 0 Å². The molecular weight excluding hydrogens is 262 g/mol. The summed E-state index contributed by atoms with van der Waals surface area (Å²) >= 11 is 0. The number of esters is 1. The number of ether oxygens (including phenoxy) is 1. The Hall–Kier alpha value is -1.79. The first-order valence-electron chi connectivity index (χ1n) is 7.78. The summed E-state index contributed by atoms with van der Waals surface area (Å²) in [6, 6.07) is 10.4. The van der Waals surface area contributed by atoms with Gasteiger partial charge in [-0.2, -0.15) is 0 Å². The molecule has 1 aromatic rings. The fourth-order valence-corrected chi connectivity index (χ4v) is 4.29. The maximum absolute atomic E-state index is 12.4. The first-order valence-corrected chi connectivity index (χ1v) is 7.78. The van der Waals surface area contributed by atoms with Crippen LogP contribution >= 0.6 is 0 Å². The number of benzene rings is 1. The Morgan fingerprint density at radius 2 is 2.14 bits per heavy atom. The molecule has 1 aromatic carbocycles. The summed E-state index contributed by atoms with van der Waals surface area (Å²) in [4.78, 5) is 14.9. The number of hydrogen-bond acceptors (Lipinski definition) is 3. The Bertz CT molecular complexity index is 615. The predicted molar refractivity (Wildman–Crippen MR) is 79.4 cm³/mol. The molecule has 0 aromatic heterocycles. The van der Waals surface area contributed by atoms with Crippen LogP contribution in [-0.4, -0.2) is 36.6 Å². The summed E-state index contributed by atoms with van der Waals surface area (Å²) in [5.74, 6) is 6.76. The van der Waals surface area contributed by atoms with E-state index in [9.17, 15) is 4.79 Å². The Balaban J connectivity index is 1.68. The molecule has 3 saturated heterocycles. The number of nitrogens with zero attached hydrogens (tertiary/aromatic N) is 1. The van der Waals surface area contributed by atoms with Crippen LogP contribution in [0, 0.1) is 23.2 Å². The lowest BCUT2D eigenvalue weighted by Gasteiger charge is -2.28. The highest BCUT2D eigenvalue weighted by Gasteiger charge is 2.62. The summed E-state index contributed by atoms with van der Waals surface area (Å²) in [7, 11) is 0. The van der Waals surface area contributed by atoms with E-state index in [0.717, 1.165) is 31.5 Å². The molecule has 4 rings (SSSR count). The van der Waals surface area contributed by atoms with E-state index in [2.05, 4.69) is 16.7 Å². The van der Waals surface area contributed by atoms with Gasteiger partial charge in [-0.05, 0) is 31.5 Å². The van der Waals surface area contributed by atoms with Gasteiger partial charge in [-0.25, -0.2) is 0 Å². The summed E-state index contributed by atoms with van der Waals surface area (Å²) in [5, 5.41) is 0. The standard InChI is InChI=1S/C18H19NO2/c20-17-18(10-12-21-17)15(13-19-11-4-7-16(18)19)9-8-14-5-2-1-3-6-14/h1-3,5-6,15-16H,4,7,10-13H2/t15-,16-,18-/m1/s1. The molecular formula is C18H19NO2. The van der Waals surface area contributed by atoms with E-state index in [1.807, 2.05) is 30.3 Å². The highest BCUT2D eigenvalue weighted by atomic mass is 16.5. The van der Waals surface area contributed by atoms with Crippen molar-refractivity contribution in [2.24, 2.45) is 11.3 Å². The smallest absolute Gasteiger partial charge is 0.315 e. The molecule has 3 fully saturated rings. The van der Waals surface area contributed by atoms with E-state index < -0.39 is 0 Å². The Kier molecular flexibility index (Phi) is 3.01. The highest BCUT2D eigenvalue weighted by molar-refractivity contribution is 5.81. The minimum absolute atomic E-state index is 0.00994. The van der Waals surface area contributed by atoms with Gasteiger partial charge in [0.15, 0.2) is 0 Å². The van der Waals surface area contributed by atoms with Crippen molar-refractivity contribution in [3.8, 4) is 11.8 Å². The zero-order valence-corrected chi connectivity index (χ0v) is 12.0. The Morgan fingerprint density at radius 1 is 1.29 bits per heavy atom. The molecule has 0 saturated carbocycles. The molecule has 0 N–H and O–H groups in total. The molecule has 3 heteroatoms. The maximum Gasteiger partial charge on any atom is 0.315 e. The van der Waals surface area contributed by atoms with E-state index in [0.29, 0.717) is 12.6 Å². The molecule has 0 aliphatic carbocycles. The molecule has 1 spiro atoms. The summed E-state index contributed by atoms with van der Waals surface area (Å²) in [6.45, 7) is 2.58. The number of fused-ring (bicyclic) bond motifs is 2. The molecule has 108 valence electrons. The average Bonchev–Trinajstić information content (AvgIpc) is 3.17. The normalized spacial score (nSPS) is 34.6. The van der Waals surface area contributed by atoms with Crippen LogP contribution in [0.5, 0.6) is 0 Å². The minimum atomic E-state index is -0.363. The van der Waals surface area contributed by atoms with Gasteiger partial charge in [0.05, 0.1) is 12.5 Å². The van der Waals surface area contributed by atoms with Crippen molar-refractivity contribution < 1.29 is 9.53 Å². The monoisotopic (exact) mass is 281 g/mol. The Labute approximate surface area is 125 Å². The van der Waals surface area contributed by atoms with Crippen LogP contribution in [0.4, 0.5) is 0 Å². The first kappa shape index (κ1) is 12.9. The van der Waals surface area contributed by atoms with Gasteiger partial charge in [0, 0.05) is 24.6 Å². The van der Waals surface area contributed by atoms with Crippen molar-refractivity contribution in [1.82, 2.24) is 4.90 Å². The van der Waals surface area contributed by atoms with Crippen LogP contribution in [0.1, 0.15) is 24.8 Å². The van der Waals surface area contributed by atoms with E-state index in [-0.39, 0.29) is 17.3 Å². The second kappa shape index (κ2) is 4.89. The second-order valence-corrected chi connectivity index (χ2v) is 6.27. The molecule has 3 nitrogen and oxygen atoms in total. The van der Waals surface area contributed by atoms with Crippen LogP contribution in [0.15, 0.2) is 30.3 Å². The zero-order chi connectivity index (χ0) is 14.3. The van der Waals surface area contributed by atoms with Gasteiger partial charge in [0.2, 0.25) is 0 Å². The molecule has 0 amide bonds. The van der Waals surface area contributed by atoms with Gasteiger partial charge in [-0.3, -0.25) is 9.69 Å². The maximum atomic E-state index is 12.4. The van der Waals surface area contributed by atoms with Crippen molar-refractivity contribution in [2.45, 2.75) is 25.3 Å². The SMILES string of the molecule is O=C1OCC[C@]12[C@H](C#Cc1ccccc1)CN1CCC[C@@H]12. The molecule has 3 heterocycles. The van der Waals surface area contributed by atoms with E-state index in [1.54, 1.807) is 0 Å². The van der Waals surface area contributed by atoms with E-state index >= 15 is 0 Å². The van der Waals surface area contributed by atoms with Gasteiger partial charge < -0.3 is 4.74 Å². The lowest BCUT2D eigenvalue weighted by molar-refractivity contribution is -0.148. The third kappa shape index (κ3) is 1.90. The highest BCUT2D eigenvalue weighted by Crippen LogP contribution is 2.51. The molecule has 3 atom stereocenters. The van der Waals surface area contributed by atoms with Crippen LogP contribution in [-0.2, 0) is 9.53 Å².